The molecule has 1 aromatic rings. The number of nitrogens with one attached hydrogen (secondary N) is 1. The van der Waals surface area contributed by atoms with Crippen molar-refractivity contribution in [3.05, 3.63) is 36.0 Å². The largest absolute Gasteiger partial charge is 0.477 e. The number of hydrogen-bond acceptors (Lipinski definition) is 3. The average molecular weight is 206 g/mol. The van der Waals surface area contributed by atoms with Gasteiger partial charge in [-0.3, -0.25) is 0 Å². The standard InChI is InChI=1S/C11H14N2O2/c1-3-8(2)7-12-10-6-4-5-9(13-10)11(14)15/h4-6H,2-3,7H2,1H3,(H,12,13)(H,14,15). The van der Waals surface area contributed by atoms with E-state index < -0.39 is 5.97 Å². The lowest BCUT2D eigenvalue weighted by atomic mass is 10.2. The fourth-order valence-electron chi connectivity index (χ4n) is 0.993. The molecule has 0 unspecified atom stereocenters. The monoisotopic (exact) mass is 206 g/mol. The number of carboxylic acids is 1. The number of anilines is 1. The molecule has 0 radical (unpaired) electrons. The predicted octanol–water partition coefficient (Wildman–Crippen LogP) is 2.16. The van der Waals surface area contributed by atoms with Gasteiger partial charge in [0.05, 0.1) is 0 Å². The van der Waals surface area contributed by atoms with Gasteiger partial charge in [-0.25, -0.2) is 9.78 Å². The fraction of sp³-hybridized carbons (Fsp3) is 0.273. The lowest BCUT2D eigenvalue weighted by Gasteiger charge is -2.06. The third kappa shape index (κ3) is 3.42. The molecule has 1 aromatic heterocycles. The Morgan fingerprint density at radius 3 is 2.93 bits per heavy atom. The maximum absolute atomic E-state index is 10.6. The van der Waals surface area contributed by atoms with Gasteiger partial charge in [0.15, 0.2) is 5.69 Å². The number of aromatic carboxylic acids is 1. The summed E-state index contributed by atoms with van der Waals surface area (Å²) in [5, 5.41) is 11.7. The highest BCUT2D eigenvalue weighted by molar-refractivity contribution is 5.85. The van der Waals surface area contributed by atoms with Crippen LogP contribution in [0.5, 0.6) is 0 Å². The van der Waals surface area contributed by atoms with Crippen molar-refractivity contribution in [2.45, 2.75) is 13.3 Å². The van der Waals surface area contributed by atoms with Gasteiger partial charge in [0.2, 0.25) is 0 Å². The maximum atomic E-state index is 10.6. The number of pyridine rings is 1. The van der Waals surface area contributed by atoms with E-state index in [4.69, 9.17) is 5.11 Å². The van der Waals surface area contributed by atoms with Crippen LogP contribution in [-0.2, 0) is 0 Å². The summed E-state index contributed by atoms with van der Waals surface area (Å²) in [5.41, 5.74) is 1.10. The fourth-order valence-corrected chi connectivity index (χ4v) is 0.993. The molecule has 0 saturated heterocycles. The highest BCUT2D eigenvalue weighted by Gasteiger charge is 2.04. The number of rotatable bonds is 5. The van der Waals surface area contributed by atoms with E-state index in [9.17, 15) is 4.79 Å². The van der Waals surface area contributed by atoms with Crippen molar-refractivity contribution in [3.63, 3.8) is 0 Å². The molecular formula is C11H14N2O2. The normalized spacial score (nSPS) is 9.67. The zero-order chi connectivity index (χ0) is 11.3. The van der Waals surface area contributed by atoms with Crippen molar-refractivity contribution in [3.8, 4) is 0 Å². The molecule has 0 aliphatic rings. The van der Waals surface area contributed by atoms with Gasteiger partial charge in [0.1, 0.15) is 5.82 Å². The molecule has 0 aliphatic heterocycles. The molecule has 0 fully saturated rings. The molecule has 0 amide bonds. The van der Waals surface area contributed by atoms with Crippen molar-refractivity contribution in [2.75, 3.05) is 11.9 Å². The van der Waals surface area contributed by atoms with Gasteiger partial charge in [0.25, 0.3) is 0 Å². The summed E-state index contributed by atoms with van der Waals surface area (Å²) in [6.07, 6.45) is 0.894. The van der Waals surface area contributed by atoms with E-state index in [1.165, 1.54) is 6.07 Å². The van der Waals surface area contributed by atoms with E-state index in [1.54, 1.807) is 12.1 Å². The second kappa shape index (κ2) is 5.14. The van der Waals surface area contributed by atoms with Crippen molar-refractivity contribution in [2.24, 2.45) is 0 Å². The van der Waals surface area contributed by atoms with Gasteiger partial charge >= 0.3 is 5.97 Å². The molecule has 0 spiro atoms. The maximum Gasteiger partial charge on any atom is 0.354 e. The predicted molar refractivity (Wildman–Crippen MR) is 59.1 cm³/mol. The molecule has 4 nitrogen and oxygen atoms in total. The molecule has 0 aromatic carbocycles. The summed E-state index contributed by atoms with van der Waals surface area (Å²) in [6, 6.07) is 4.85. The van der Waals surface area contributed by atoms with Crippen LogP contribution in [0.1, 0.15) is 23.8 Å². The number of hydrogen-bond donors (Lipinski definition) is 2. The average Bonchev–Trinajstić information content (AvgIpc) is 2.26. The van der Waals surface area contributed by atoms with Gasteiger partial charge in [-0.15, -0.1) is 0 Å². The van der Waals surface area contributed by atoms with Crippen molar-refractivity contribution >= 4 is 11.8 Å². The first-order chi connectivity index (χ1) is 7.13. The summed E-state index contributed by atoms with van der Waals surface area (Å²) in [4.78, 5) is 14.6. The number of carboxylic acid groups (broad SMARTS) is 1. The highest BCUT2D eigenvalue weighted by atomic mass is 16.4. The minimum atomic E-state index is -1.02. The van der Waals surface area contributed by atoms with Crippen LogP contribution < -0.4 is 5.32 Å². The Kier molecular flexibility index (Phi) is 3.85. The minimum absolute atomic E-state index is 0.0436. The minimum Gasteiger partial charge on any atom is -0.477 e. The van der Waals surface area contributed by atoms with Gasteiger partial charge < -0.3 is 10.4 Å². The Bertz CT molecular complexity index is 375. The summed E-state index contributed by atoms with van der Waals surface area (Å²) < 4.78 is 0. The smallest absolute Gasteiger partial charge is 0.354 e. The molecule has 0 saturated carbocycles. The third-order valence-corrected chi connectivity index (χ3v) is 1.99. The molecule has 0 atom stereocenters. The second-order valence-electron chi connectivity index (χ2n) is 3.17. The van der Waals surface area contributed by atoms with Crippen molar-refractivity contribution in [1.29, 1.82) is 0 Å². The first-order valence-corrected chi connectivity index (χ1v) is 4.74. The first-order valence-electron chi connectivity index (χ1n) is 4.74. The van der Waals surface area contributed by atoms with Gasteiger partial charge in [0, 0.05) is 6.54 Å². The van der Waals surface area contributed by atoms with Crippen LogP contribution in [0.3, 0.4) is 0 Å². The van der Waals surface area contributed by atoms with Crippen LogP contribution in [0.25, 0.3) is 0 Å². The summed E-state index contributed by atoms with van der Waals surface area (Å²) >= 11 is 0. The molecule has 1 heterocycles. The molecule has 0 bridgehead atoms. The second-order valence-corrected chi connectivity index (χ2v) is 3.17. The van der Waals surface area contributed by atoms with Crippen LogP contribution >= 0.6 is 0 Å². The van der Waals surface area contributed by atoms with Gasteiger partial charge in [-0.1, -0.05) is 25.1 Å². The van der Waals surface area contributed by atoms with E-state index in [1.807, 2.05) is 6.92 Å². The quantitative estimate of drug-likeness (QED) is 0.725. The Labute approximate surface area is 88.7 Å². The summed E-state index contributed by atoms with van der Waals surface area (Å²) in [7, 11) is 0. The molecule has 1 rings (SSSR count). The molecular weight excluding hydrogens is 192 g/mol. The van der Waals surface area contributed by atoms with Crippen LogP contribution in [0, 0.1) is 0 Å². The van der Waals surface area contributed by atoms with Crippen LogP contribution in [0.2, 0.25) is 0 Å². The van der Waals surface area contributed by atoms with Crippen LogP contribution in [-0.4, -0.2) is 22.6 Å². The number of nitrogens with zero attached hydrogens (tertiary/aromatic N) is 1. The zero-order valence-electron chi connectivity index (χ0n) is 8.66. The Morgan fingerprint density at radius 2 is 2.33 bits per heavy atom. The van der Waals surface area contributed by atoms with Gasteiger partial charge in [-0.2, -0.15) is 0 Å². The molecule has 2 N–H and O–H groups in total. The number of carbonyl (C=O) groups is 1. The van der Waals surface area contributed by atoms with E-state index in [-0.39, 0.29) is 5.69 Å². The summed E-state index contributed by atoms with van der Waals surface area (Å²) in [5.74, 6) is -0.461. The van der Waals surface area contributed by atoms with E-state index >= 15 is 0 Å². The van der Waals surface area contributed by atoms with Crippen molar-refractivity contribution < 1.29 is 9.90 Å². The van der Waals surface area contributed by atoms with E-state index in [2.05, 4.69) is 16.9 Å². The topological polar surface area (TPSA) is 62.2 Å². The van der Waals surface area contributed by atoms with E-state index in [0.717, 1.165) is 12.0 Å². The molecule has 4 heteroatoms. The zero-order valence-corrected chi connectivity index (χ0v) is 8.66. The van der Waals surface area contributed by atoms with Crippen molar-refractivity contribution in [1.82, 2.24) is 4.98 Å². The molecule has 0 aliphatic carbocycles. The SMILES string of the molecule is C=C(CC)CNc1cccc(C(=O)O)n1. The summed E-state index contributed by atoms with van der Waals surface area (Å²) in [6.45, 7) is 6.48. The van der Waals surface area contributed by atoms with Gasteiger partial charge in [-0.05, 0) is 18.6 Å². The lowest BCUT2D eigenvalue weighted by molar-refractivity contribution is 0.0690. The van der Waals surface area contributed by atoms with E-state index in [0.29, 0.717) is 12.4 Å². The first kappa shape index (κ1) is 11.2. The van der Waals surface area contributed by atoms with Crippen LogP contribution in [0.15, 0.2) is 30.4 Å². The third-order valence-electron chi connectivity index (χ3n) is 1.99. The Balaban J connectivity index is 2.66. The Morgan fingerprint density at radius 1 is 1.60 bits per heavy atom. The lowest BCUT2D eigenvalue weighted by Crippen LogP contribution is -2.07. The van der Waals surface area contributed by atoms with Crippen LogP contribution in [0.4, 0.5) is 5.82 Å². The Hall–Kier alpha value is -1.84. The molecule has 80 valence electrons. The highest BCUT2D eigenvalue weighted by Crippen LogP contribution is 2.06. The molecule has 15 heavy (non-hydrogen) atoms. The number of aromatic nitrogens is 1.